The Hall–Kier alpha value is -2.60. The topological polar surface area (TPSA) is 99.5 Å². The van der Waals surface area contributed by atoms with Crippen LogP contribution in [0.4, 0.5) is 31.7 Å². The first-order valence-electron chi connectivity index (χ1n) is 10.7. The van der Waals surface area contributed by atoms with Crippen molar-refractivity contribution in [3.05, 3.63) is 58.8 Å². The molecule has 0 bridgehead atoms. The van der Waals surface area contributed by atoms with Gasteiger partial charge in [0.15, 0.2) is 5.82 Å². The first-order valence-corrected chi connectivity index (χ1v) is 12.6. The minimum absolute atomic E-state index is 0. The van der Waals surface area contributed by atoms with Crippen molar-refractivity contribution in [2.24, 2.45) is 0 Å². The third-order valence-corrected chi connectivity index (χ3v) is 6.82. The average molecular weight is 564 g/mol. The number of sulfonamides is 1. The third kappa shape index (κ3) is 7.00. The number of benzene rings is 2. The van der Waals surface area contributed by atoms with Gasteiger partial charge < -0.3 is 20.1 Å². The van der Waals surface area contributed by atoms with Gasteiger partial charge in [-0.25, -0.2) is 17.2 Å². The van der Waals surface area contributed by atoms with Crippen LogP contribution in [0.2, 0.25) is 5.02 Å². The van der Waals surface area contributed by atoms with E-state index in [1.54, 1.807) is 14.1 Å². The Morgan fingerprint density at radius 1 is 1.11 bits per heavy atom. The summed E-state index contributed by atoms with van der Waals surface area (Å²) in [6.45, 7) is 6.87. The van der Waals surface area contributed by atoms with E-state index in [1.807, 2.05) is 25.7 Å². The third-order valence-electron chi connectivity index (χ3n) is 5.14. The van der Waals surface area contributed by atoms with Crippen LogP contribution in [0.15, 0.2) is 45.8 Å². The lowest BCUT2D eigenvalue weighted by atomic mass is 9.93. The summed E-state index contributed by atoms with van der Waals surface area (Å²) >= 11 is 6.32. The van der Waals surface area contributed by atoms with Crippen LogP contribution in [0.25, 0.3) is 0 Å². The molecule has 0 atom stereocenters. The zero-order valence-corrected chi connectivity index (χ0v) is 22.8. The van der Waals surface area contributed by atoms with E-state index in [1.165, 1.54) is 24.3 Å². The van der Waals surface area contributed by atoms with E-state index >= 15 is 0 Å². The van der Waals surface area contributed by atoms with E-state index < -0.39 is 26.6 Å². The van der Waals surface area contributed by atoms with Gasteiger partial charge in [-0.2, -0.15) is 0 Å². The highest BCUT2D eigenvalue weighted by atomic mass is 35.5. The Morgan fingerprint density at radius 2 is 1.81 bits per heavy atom. The van der Waals surface area contributed by atoms with Crippen LogP contribution < -0.4 is 20.3 Å². The highest BCUT2D eigenvalue weighted by Gasteiger charge is 2.25. The maximum absolute atomic E-state index is 15.0. The fourth-order valence-corrected chi connectivity index (χ4v) is 4.52. The Balaban J connectivity index is 0.00000456. The lowest BCUT2D eigenvalue weighted by molar-refractivity contribution is 0.331. The van der Waals surface area contributed by atoms with E-state index in [4.69, 9.17) is 16.1 Å². The van der Waals surface area contributed by atoms with Gasteiger partial charge in [0.25, 0.3) is 10.0 Å². The molecule has 0 aliphatic heterocycles. The molecule has 3 aromatic rings. The summed E-state index contributed by atoms with van der Waals surface area (Å²) in [4.78, 5) is 1.16. The Morgan fingerprint density at radius 3 is 2.42 bits per heavy atom. The van der Waals surface area contributed by atoms with Gasteiger partial charge in [0, 0.05) is 37.7 Å². The molecule has 0 saturated heterocycles. The molecule has 1 aromatic heterocycles. The number of anilines is 4. The predicted octanol–water partition coefficient (Wildman–Crippen LogP) is 5.53. The maximum Gasteiger partial charge on any atom is 0.266 e. The quantitative estimate of drug-likeness (QED) is 0.315. The molecule has 0 aliphatic rings. The predicted molar refractivity (Wildman–Crippen MR) is 142 cm³/mol. The van der Waals surface area contributed by atoms with Crippen LogP contribution in [0.3, 0.4) is 0 Å². The van der Waals surface area contributed by atoms with Crippen LogP contribution in [-0.2, 0) is 15.4 Å². The standard InChI is InChI=1S/C23H28ClF2N5O3S.ClH/c1-23(2,3)21-13-22(29-34-21)30-35(32,33)20-11-15(24)18(12-16(20)26)28-17-7-6-14(25)10-19(17)31(5)9-8-27-4;/h6-7,10-13,27-28H,8-9H2,1-5H3,(H,29,30);1H. The summed E-state index contributed by atoms with van der Waals surface area (Å²) in [6, 6.07) is 7.51. The van der Waals surface area contributed by atoms with Gasteiger partial charge in [-0.15, -0.1) is 12.4 Å². The molecule has 0 spiro atoms. The second-order valence-electron chi connectivity index (χ2n) is 9.01. The van der Waals surface area contributed by atoms with Gasteiger partial charge in [-0.05, 0) is 31.3 Å². The molecular formula is C23H29Cl2F2N5O3S. The van der Waals surface area contributed by atoms with Gasteiger partial charge in [0.2, 0.25) is 0 Å². The normalized spacial score (nSPS) is 11.7. The highest BCUT2D eigenvalue weighted by Crippen LogP contribution is 2.35. The van der Waals surface area contributed by atoms with Crippen LogP contribution >= 0.6 is 24.0 Å². The monoisotopic (exact) mass is 563 g/mol. The molecule has 36 heavy (non-hydrogen) atoms. The molecule has 0 fully saturated rings. The highest BCUT2D eigenvalue weighted by molar-refractivity contribution is 7.92. The van der Waals surface area contributed by atoms with Crippen molar-refractivity contribution in [3.8, 4) is 0 Å². The Bertz CT molecular complexity index is 1310. The van der Waals surface area contributed by atoms with Crippen LogP contribution in [0.1, 0.15) is 26.5 Å². The van der Waals surface area contributed by atoms with Gasteiger partial charge in [-0.1, -0.05) is 37.5 Å². The van der Waals surface area contributed by atoms with E-state index in [0.717, 1.165) is 12.1 Å². The first-order chi connectivity index (χ1) is 16.3. The average Bonchev–Trinajstić information content (AvgIpc) is 3.23. The van der Waals surface area contributed by atoms with E-state index in [9.17, 15) is 17.2 Å². The number of nitrogens with zero attached hydrogens (tertiary/aromatic N) is 2. The van der Waals surface area contributed by atoms with Crippen molar-refractivity contribution in [1.29, 1.82) is 0 Å². The molecule has 198 valence electrons. The van der Waals surface area contributed by atoms with E-state index in [-0.39, 0.29) is 34.3 Å². The fraction of sp³-hybridized carbons (Fsp3) is 0.348. The number of hydrogen-bond acceptors (Lipinski definition) is 7. The summed E-state index contributed by atoms with van der Waals surface area (Å²) in [5.74, 6) is -1.08. The number of hydrogen-bond donors (Lipinski definition) is 3. The van der Waals surface area contributed by atoms with E-state index in [0.29, 0.717) is 30.2 Å². The number of likely N-dealkylation sites (N-methyl/N-ethyl adjacent to an activating group) is 2. The second-order valence-corrected chi connectivity index (χ2v) is 11.1. The molecule has 0 amide bonds. The van der Waals surface area contributed by atoms with E-state index in [2.05, 4.69) is 20.5 Å². The van der Waals surface area contributed by atoms with Crippen LogP contribution in [0, 0.1) is 11.6 Å². The van der Waals surface area contributed by atoms with Crippen molar-refractivity contribution >= 4 is 56.9 Å². The number of rotatable bonds is 9. The number of nitrogens with one attached hydrogen (secondary N) is 3. The molecule has 1 heterocycles. The summed E-state index contributed by atoms with van der Waals surface area (Å²) in [6.07, 6.45) is 0. The second kappa shape index (κ2) is 11.6. The fourth-order valence-electron chi connectivity index (χ4n) is 3.17. The summed E-state index contributed by atoms with van der Waals surface area (Å²) in [5, 5.41) is 9.64. The summed E-state index contributed by atoms with van der Waals surface area (Å²) in [5.41, 5.74) is 0.723. The maximum atomic E-state index is 15.0. The molecule has 0 unspecified atom stereocenters. The van der Waals surface area contributed by atoms with Crippen LogP contribution in [0.5, 0.6) is 0 Å². The molecule has 3 rings (SSSR count). The van der Waals surface area contributed by atoms with Gasteiger partial charge in [0.1, 0.15) is 22.3 Å². The summed E-state index contributed by atoms with van der Waals surface area (Å²) in [7, 11) is -0.759. The number of halogens is 4. The van der Waals surface area contributed by atoms with Gasteiger partial charge >= 0.3 is 0 Å². The van der Waals surface area contributed by atoms with Crippen molar-refractivity contribution in [3.63, 3.8) is 0 Å². The Labute approximate surface area is 220 Å². The largest absolute Gasteiger partial charge is 0.372 e. The van der Waals surface area contributed by atoms with Gasteiger partial charge in [-0.3, -0.25) is 4.72 Å². The lowest BCUT2D eigenvalue weighted by Crippen LogP contribution is -2.27. The zero-order chi connectivity index (χ0) is 26.0. The smallest absolute Gasteiger partial charge is 0.266 e. The molecule has 13 heteroatoms. The minimum Gasteiger partial charge on any atom is -0.372 e. The van der Waals surface area contributed by atoms with Crippen molar-refractivity contribution in [1.82, 2.24) is 10.5 Å². The SMILES string of the molecule is CNCCN(C)c1cc(F)ccc1Nc1cc(F)c(S(=O)(=O)Nc2cc(C(C)(C)C)on2)cc1Cl.Cl. The minimum atomic E-state index is -4.35. The molecule has 3 N–H and O–H groups in total. The lowest BCUT2D eigenvalue weighted by Gasteiger charge is -2.23. The van der Waals surface area contributed by atoms with Gasteiger partial charge in [0.05, 0.1) is 22.1 Å². The zero-order valence-electron chi connectivity index (χ0n) is 20.4. The first kappa shape index (κ1) is 29.6. The van der Waals surface area contributed by atoms with Crippen molar-refractivity contribution in [2.75, 3.05) is 42.1 Å². The molecule has 2 aromatic carbocycles. The summed E-state index contributed by atoms with van der Waals surface area (Å²) < 4.78 is 61.9. The van der Waals surface area contributed by atoms with Crippen molar-refractivity contribution < 1.29 is 21.7 Å². The molecular weight excluding hydrogens is 535 g/mol. The number of aromatic nitrogens is 1. The molecule has 0 saturated carbocycles. The molecule has 0 aliphatic carbocycles. The Kier molecular flexibility index (Phi) is 9.58. The van der Waals surface area contributed by atoms with Crippen molar-refractivity contribution in [2.45, 2.75) is 31.1 Å². The molecule has 0 radical (unpaired) electrons. The molecule has 8 nitrogen and oxygen atoms in total. The van der Waals surface area contributed by atoms with Crippen LogP contribution in [-0.4, -0.2) is 40.8 Å².